The van der Waals surface area contributed by atoms with E-state index in [1.165, 1.54) is 0 Å². The number of hydrogen-bond acceptors (Lipinski definition) is 3. The molecule has 1 aromatic rings. The highest BCUT2D eigenvalue weighted by atomic mass is 79.9. The maximum atomic E-state index is 11.7. The summed E-state index contributed by atoms with van der Waals surface area (Å²) >= 11 is 3.39. The van der Waals surface area contributed by atoms with E-state index in [9.17, 15) is 4.79 Å². The molecule has 0 aliphatic rings. The molecule has 0 radical (unpaired) electrons. The Kier molecular flexibility index (Phi) is 4.32. The molecule has 0 bridgehead atoms. The molecule has 0 aromatic carbocycles. The molecule has 0 fully saturated rings. The second kappa shape index (κ2) is 5.30. The lowest BCUT2D eigenvalue weighted by Crippen LogP contribution is -2.12. The Morgan fingerprint density at radius 1 is 1.47 bits per heavy atom. The predicted molar refractivity (Wildman–Crippen MR) is 60.9 cm³/mol. The summed E-state index contributed by atoms with van der Waals surface area (Å²) in [5, 5.41) is 4.32. The number of halogens is 1. The van der Waals surface area contributed by atoms with Crippen molar-refractivity contribution in [2.75, 3.05) is 6.61 Å². The lowest BCUT2D eigenvalue weighted by Gasteiger charge is -2.04. The van der Waals surface area contributed by atoms with Gasteiger partial charge in [0.15, 0.2) is 5.69 Å². The number of aromatic nitrogens is 2. The van der Waals surface area contributed by atoms with E-state index in [-0.39, 0.29) is 5.97 Å². The zero-order valence-corrected chi connectivity index (χ0v) is 10.8. The van der Waals surface area contributed by atoms with E-state index in [0.29, 0.717) is 18.8 Å². The van der Waals surface area contributed by atoms with Crippen molar-refractivity contribution >= 4 is 21.9 Å². The number of esters is 1. The fourth-order valence-electron chi connectivity index (χ4n) is 1.34. The molecule has 0 spiro atoms. The Hall–Kier alpha value is -0.840. The van der Waals surface area contributed by atoms with Gasteiger partial charge in [-0.25, -0.2) is 4.79 Å². The molecule has 4 nitrogen and oxygen atoms in total. The van der Waals surface area contributed by atoms with Crippen LogP contribution in [0.15, 0.2) is 4.47 Å². The van der Waals surface area contributed by atoms with Gasteiger partial charge in [0.1, 0.15) is 0 Å². The third-order valence-corrected chi connectivity index (χ3v) is 2.90. The standard InChI is InChI=1S/C10H15BrN2O2/c1-4-7-8(11)9(10(14)15-6-3)13(5-2)12-7/h4-6H2,1-3H3. The summed E-state index contributed by atoms with van der Waals surface area (Å²) in [4.78, 5) is 11.7. The lowest BCUT2D eigenvalue weighted by molar-refractivity contribution is 0.0511. The minimum atomic E-state index is -0.321. The molecule has 0 atom stereocenters. The smallest absolute Gasteiger partial charge is 0.357 e. The van der Waals surface area contributed by atoms with Crippen molar-refractivity contribution in [2.45, 2.75) is 33.7 Å². The fraction of sp³-hybridized carbons (Fsp3) is 0.600. The Labute approximate surface area is 97.7 Å². The van der Waals surface area contributed by atoms with Gasteiger partial charge in [-0.2, -0.15) is 5.10 Å². The van der Waals surface area contributed by atoms with Gasteiger partial charge in [0.2, 0.25) is 0 Å². The summed E-state index contributed by atoms with van der Waals surface area (Å²) in [6, 6.07) is 0. The van der Waals surface area contributed by atoms with Crippen LogP contribution < -0.4 is 0 Å². The van der Waals surface area contributed by atoms with E-state index in [2.05, 4.69) is 21.0 Å². The molecule has 0 saturated carbocycles. The molecule has 0 amide bonds. The number of carbonyl (C=O) groups is 1. The van der Waals surface area contributed by atoms with Crippen LogP contribution in [-0.2, 0) is 17.7 Å². The molecule has 15 heavy (non-hydrogen) atoms. The molecule has 1 aromatic heterocycles. The maximum Gasteiger partial charge on any atom is 0.357 e. The average molecular weight is 275 g/mol. The monoisotopic (exact) mass is 274 g/mol. The highest BCUT2D eigenvalue weighted by Crippen LogP contribution is 2.22. The van der Waals surface area contributed by atoms with Crippen LogP contribution in [0.4, 0.5) is 0 Å². The molecule has 0 N–H and O–H groups in total. The Bertz CT molecular complexity index is 361. The number of carbonyl (C=O) groups excluding carboxylic acids is 1. The molecule has 1 heterocycles. The average Bonchev–Trinajstić information content (AvgIpc) is 2.55. The van der Waals surface area contributed by atoms with E-state index >= 15 is 0 Å². The largest absolute Gasteiger partial charge is 0.461 e. The molecule has 0 aliphatic carbocycles. The van der Waals surface area contributed by atoms with E-state index in [0.717, 1.165) is 16.6 Å². The van der Waals surface area contributed by atoms with Crippen molar-refractivity contribution in [1.82, 2.24) is 9.78 Å². The third kappa shape index (κ3) is 2.40. The third-order valence-electron chi connectivity index (χ3n) is 2.06. The van der Waals surface area contributed by atoms with Gasteiger partial charge < -0.3 is 4.74 Å². The van der Waals surface area contributed by atoms with Crippen LogP contribution in [0, 0.1) is 0 Å². The summed E-state index contributed by atoms with van der Waals surface area (Å²) in [7, 11) is 0. The molecule has 0 aliphatic heterocycles. The predicted octanol–water partition coefficient (Wildman–Crippen LogP) is 2.40. The van der Waals surface area contributed by atoms with Crippen molar-refractivity contribution < 1.29 is 9.53 Å². The quantitative estimate of drug-likeness (QED) is 0.792. The molecule has 5 heteroatoms. The zero-order valence-electron chi connectivity index (χ0n) is 9.21. The molecule has 0 saturated heterocycles. The first-order valence-electron chi connectivity index (χ1n) is 5.07. The fourth-order valence-corrected chi connectivity index (χ4v) is 2.06. The second-order valence-electron chi connectivity index (χ2n) is 3.00. The Balaban J connectivity index is 3.13. The first-order chi connectivity index (χ1) is 7.15. The first kappa shape index (κ1) is 12.2. The topological polar surface area (TPSA) is 44.1 Å². The van der Waals surface area contributed by atoms with Gasteiger partial charge in [-0.1, -0.05) is 6.92 Å². The van der Waals surface area contributed by atoms with Gasteiger partial charge in [-0.3, -0.25) is 4.68 Å². The Morgan fingerprint density at radius 3 is 2.60 bits per heavy atom. The highest BCUT2D eigenvalue weighted by Gasteiger charge is 2.21. The first-order valence-corrected chi connectivity index (χ1v) is 5.87. The van der Waals surface area contributed by atoms with Crippen LogP contribution in [0.3, 0.4) is 0 Å². The summed E-state index contributed by atoms with van der Waals surface area (Å²) in [6.07, 6.45) is 0.792. The Morgan fingerprint density at radius 2 is 2.13 bits per heavy atom. The van der Waals surface area contributed by atoms with Gasteiger partial charge in [-0.15, -0.1) is 0 Å². The summed E-state index contributed by atoms with van der Waals surface area (Å²) in [5.74, 6) is -0.321. The van der Waals surface area contributed by atoms with Gasteiger partial charge >= 0.3 is 5.97 Å². The van der Waals surface area contributed by atoms with Crippen LogP contribution in [0.2, 0.25) is 0 Å². The lowest BCUT2D eigenvalue weighted by atomic mass is 10.3. The van der Waals surface area contributed by atoms with Crippen molar-refractivity contribution in [3.63, 3.8) is 0 Å². The van der Waals surface area contributed by atoms with Gasteiger partial charge in [0.25, 0.3) is 0 Å². The number of rotatable bonds is 4. The minimum Gasteiger partial charge on any atom is -0.461 e. The van der Waals surface area contributed by atoms with Crippen LogP contribution >= 0.6 is 15.9 Å². The van der Waals surface area contributed by atoms with Crippen LogP contribution in [0.1, 0.15) is 37.0 Å². The van der Waals surface area contributed by atoms with Crippen molar-refractivity contribution in [3.05, 3.63) is 15.9 Å². The van der Waals surface area contributed by atoms with Gasteiger partial charge in [0.05, 0.1) is 16.8 Å². The van der Waals surface area contributed by atoms with Crippen LogP contribution in [-0.4, -0.2) is 22.4 Å². The van der Waals surface area contributed by atoms with E-state index in [4.69, 9.17) is 4.74 Å². The van der Waals surface area contributed by atoms with Gasteiger partial charge in [0, 0.05) is 6.54 Å². The summed E-state index contributed by atoms with van der Waals surface area (Å²) in [5.41, 5.74) is 1.40. The highest BCUT2D eigenvalue weighted by molar-refractivity contribution is 9.10. The number of aryl methyl sites for hydroxylation is 2. The molecule has 84 valence electrons. The second-order valence-corrected chi connectivity index (χ2v) is 3.79. The van der Waals surface area contributed by atoms with Crippen LogP contribution in [0.5, 0.6) is 0 Å². The number of hydrogen-bond donors (Lipinski definition) is 0. The van der Waals surface area contributed by atoms with Crippen molar-refractivity contribution in [3.8, 4) is 0 Å². The van der Waals surface area contributed by atoms with E-state index in [1.807, 2.05) is 13.8 Å². The normalized spacial score (nSPS) is 10.4. The number of ether oxygens (including phenoxy) is 1. The van der Waals surface area contributed by atoms with Gasteiger partial charge in [-0.05, 0) is 36.2 Å². The zero-order chi connectivity index (χ0) is 11.4. The maximum absolute atomic E-state index is 11.7. The molecule has 1 rings (SSSR count). The van der Waals surface area contributed by atoms with Crippen LogP contribution in [0.25, 0.3) is 0 Å². The molecule has 0 unspecified atom stereocenters. The van der Waals surface area contributed by atoms with Crippen molar-refractivity contribution in [2.24, 2.45) is 0 Å². The SMILES string of the molecule is CCOC(=O)c1c(Br)c(CC)nn1CC. The minimum absolute atomic E-state index is 0.321. The van der Waals surface area contributed by atoms with Crippen molar-refractivity contribution in [1.29, 1.82) is 0 Å². The summed E-state index contributed by atoms with van der Waals surface area (Å²) in [6.45, 7) is 6.77. The molecular formula is C10H15BrN2O2. The number of nitrogens with zero attached hydrogens (tertiary/aromatic N) is 2. The van der Waals surface area contributed by atoms with E-state index in [1.54, 1.807) is 11.6 Å². The van der Waals surface area contributed by atoms with E-state index < -0.39 is 0 Å². The molecular weight excluding hydrogens is 260 g/mol. The summed E-state index contributed by atoms with van der Waals surface area (Å²) < 4.78 is 7.40.